The molecule has 1 saturated heterocycles. The fourth-order valence-electron chi connectivity index (χ4n) is 2.79. The van der Waals surface area contributed by atoms with Gasteiger partial charge in [-0.15, -0.1) is 0 Å². The van der Waals surface area contributed by atoms with Crippen LogP contribution in [0.3, 0.4) is 0 Å². The van der Waals surface area contributed by atoms with Gasteiger partial charge in [-0.1, -0.05) is 37.3 Å². The molecule has 1 aliphatic heterocycles. The van der Waals surface area contributed by atoms with Gasteiger partial charge in [0.1, 0.15) is 0 Å². The summed E-state index contributed by atoms with van der Waals surface area (Å²) in [6.07, 6.45) is 5.04. The largest absolute Gasteiger partial charge is 0.303 e. The zero-order valence-corrected chi connectivity index (χ0v) is 14.1. The van der Waals surface area contributed by atoms with E-state index in [1.807, 2.05) is 30.3 Å². The highest BCUT2D eigenvalue weighted by molar-refractivity contribution is 7.92. The normalized spacial score (nSPS) is 20.5. The molecule has 1 atom stereocenters. The number of nitrogens with one attached hydrogen (secondary N) is 1. The van der Waals surface area contributed by atoms with Gasteiger partial charge in [-0.05, 0) is 49.9 Å². The van der Waals surface area contributed by atoms with Gasteiger partial charge >= 0.3 is 0 Å². The third-order valence-corrected chi connectivity index (χ3v) is 5.04. The average molecular weight is 322 g/mol. The Bertz CT molecular complexity index is 570. The van der Waals surface area contributed by atoms with Gasteiger partial charge in [0.05, 0.1) is 0 Å². The lowest BCUT2D eigenvalue weighted by Crippen LogP contribution is -2.36. The van der Waals surface area contributed by atoms with Crippen molar-refractivity contribution in [2.24, 2.45) is 5.92 Å². The lowest BCUT2D eigenvalue weighted by atomic mass is 10.0. The van der Waals surface area contributed by atoms with Gasteiger partial charge in [-0.25, -0.2) is 13.1 Å². The number of piperidine rings is 1. The van der Waals surface area contributed by atoms with Gasteiger partial charge in [0.25, 0.3) is 0 Å². The number of sulfonamides is 1. The molecule has 1 unspecified atom stereocenters. The maximum Gasteiger partial charge on any atom is 0.233 e. The minimum atomic E-state index is -3.34. The summed E-state index contributed by atoms with van der Waals surface area (Å²) in [4.78, 5) is 2.43. The Kier molecular flexibility index (Phi) is 6.61. The van der Waals surface area contributed by atoms with E-state index in [1.54, 1.807) is 6.08 Å². The van der Waals surface area contributed by atoms with Crippen LogP contribution in [-0.4, -0.2) is 39.5 Å². The summed E-state index contributed by atoms with van der Waals surface area (Å²) in [5.41, 5.74) is 0.884. The summed E-state index contributed by atoms with van der Waals surface area (Å²) in [5.74, 6) is 0.763. The molecule has 5 heteroatoms. The molecule has 0 aliphatic carbocycles. The van der Waals surface area contributed by atoms with Crippen LogP contribution in [0, 0.1) is 5.92 Å². The molecule has 0 spiro atoms. The predicted octanol–water partition coefficient (Wildman–Crippen LogP) is 2.70. The Morgan fingerprint density at radius 1 is 1.32 bits per heavy atom. The summed E-state index contributed by atoms with van der Waals surface area (Å²) >= 11 is 0. The van der Waals surface area contributed by atoms with E-state index in [-0.39, 0.29) is 0 Å². The molecule has 4 nitrogen and oxygen atoms in total. The molecule has 0 amide bonds. The molecule has 22 heavy (non-hydrogen) atoms. The molecular formula is C17H26N2O2S. The Morgan fingerprint density at radius 2 is 2.09 bits per heavy atom. The van der Waals surface area contributed by atoms with Crippen LogP contribution in [0.2, 0.25) is 0 Å². The summed E-state index contributed by atoms with van der Waals surface area (Å²) in [5, 5.41) is 1.24. The van der Waals surface area contributed by atoms with Gasteiger partial charge in [0.15, 0.2) is 0 Å². The zero-order chi connectivity index (χ0) is 15.8. The van der Waals surface area contributed by atoms with E-state index >= 15 is 0 Å². The Labute approximate surface area is 134 Å². The van der Waals surface area contributed by atoms with Crippen LogP contribution < -0.4 is 4.72 Å². The molecule has 1 aromatic rings. The van der Waals surface area contributed by atoms with Gasteiger partial charge in [-0.2, -0.15) is 0 Å². The van der Waals surface area contributed by atoms with Crippen LogP contribution in [0.25, 0.3) is 6.08 Å². The topological polar surface area (TPSA) is 49.4 Å². The Morgan fingerprint density at radius 3 is 2.82 bits per heavy atom. The second kappa shape index (κ2) is 8.46. The van der Waals surface area contributed by atoms with Crippen LogP contribution in [-0.2, 0) is 10.0 Å². The first-order valence-corrected chi connectivity index (χ1v) is 9.55. The van der Waals surface area contributed by atoms with Crippen molar-refractivity contribution in [1.29, 1.82) is 0 Å². The minimum absolute atomic E-state index is 0.492. The van der Waals surface area contributed by atoms with Crippen molar-refractivity contribution in [3.8, 4) is 0 Å². The van der Waals surface area contributed by atoms with Gasteiger partial charge < -0.3 is 4.90 Å². The molecule has 0 radical (unpaired) electrons. The van der Waals surface area contributed by atoms with Crippen LogP contribution in [0.5, 0.6) is 0 Å². The van der Waals surface area contributed by atoms with Crippen molar-refractivity contribution in [2.45, 2.75) is 26.2 Å². The molecule has 0 bridgehead atoms. The van der Waals surface area contributed by atoms with E-state index in [0.29, 0.717) is 6.54 Å². The quantitative estimate of drug-likeness (QED) is 0.785. The van der Waals surface area contributed by atoms with Crippen molar-refractivity contribution < 1.29 is 8.42 Å². The van der Waals surface area contributed by atoms with Gasteiger partial charge in [0.2, 0.25) is 10.0 Å². The van der Waals surface area contributed by atoms with Crippen molar-refractivity contribution in [2.75, 3.05) is 26.2 Å². The predicted molar refractivity (Wildman–Crippen MR) is 91.9 cm³/mol. The molecule has 1 fully saturated rings. The van der Waals surface area contributed by atoms with Gasteiger partial charge in [-0.3, -0.25) is 0 Å². The van der Waals surface area contributed by atoms with Crippen molar-refractivity contribution in [3.05, 3.63) is 41.3 Å². The fourth-order valence-corrected chi connectivity index (χ4v) is 3.65. The van der Waals surface area contributed by atoms with Crippen LogP contribution in [0.15, 0.2) is 35.7 Å². The molecule has 0 saturated carbocycles. The van der Waals surface area contributed by atoms with Crippen LogP contribution in [0.1, 0.15) is 31.7 Å². The maximum absolute atomic E-state index is 11.9. The van der Waals surface area contributed by atoms with Crippen LogP contribution >= 0.6 is 0 Å². The van der Waals surface area contributed by atoms with E-state index in [4.69, 9.17) is 0 Å². The number of nitrogens with zero attached hydrogens (tertiary/aromatic N) is 1. The number of benzene rings is 1. The Balaban J connectivity index is 1.70. The number of likely N-dealkylation sites (tertiary alicyclic amines) is 1. The van der Waals surface area contributed by atoms with E-state index in [0.717, 1.165) is 37.5 Å². The molecule has 122 valence electrons. The molecule has 0 aromatic heterocycles. The standard InChI is InChI=1S/C17H26N2O2S/c1-16-7-5-12-19(15-16)13-6-11-18-22(20,21)14-10-17-8-3-2-4-9-17/h2-4,8-10,14,16,18H,5-7,11-13,15H2,1H3/b14-10+. The third kappa shape index (κ3) is 6.30. The first-order valence-electron chi connectivity index (χ1n) is 8.00. The molecular weight excluding hydrogens is 296 g/mol. The monoisotopic (exact) mass is 322 g/mol. The van der Waals surface area contributed by atoms with Crippen molar-refractivity contribution >= 4 is 16.1 Å². The second-order valence-electron chi connectivity index (χ2n) is 6.05. The highest BCUT2D eigenvalue weighted by Gasteiger charge is 2.15. The zero-order valence-electron chi connectivity index (χ0n) is 13.2. The average Bonchev–Trinajstić information content (AvgIpc) is 2.51. The maximum atomic E-state index is 11.9. The molecule has 1 heterocycles. The van der Waals surface area contributed by atoms with Crippen molar-refractivity contribution in [1.82, 2.24) is 9.62 Å². The first-order chi connectivity index (χ1) is 10.6. The lowest BCUT2D eigenvalue weighted by Gasteiger charge is -2.30. The molecule has 2 rings (SSSR count). The Hall–Kier alpha value is -1.17. The number of hydrogen-bond acceptors (Lipinski definition) is 3. The SMILES string of the molecule is CC1CCCN(CCCNS(=O)(=O)/C=C/c2ccccc2)C1. The number of hydrogen-bond donors (Lipinski definition) is 1. The first kappa shape index (κ1) is 17.2. The lowest BCUT2D eigenvalue weighted by molar-refractivity contribution is 0.182. The minimum Gasteiger partial charge on any atom is -0.303 e. The highest BCUT2D eigenvalue weighted by atomic mass is 32.2. The molecule has 1 aliphatic rings. The smallest absolute Gasteiger partial charge is 0.233 e. The van der Waals surface area contributed by atoms with E-state index in [9.17, 15) is 8.42 Å². The third-order valence-electron chi connectivity index (χ3n) is 3.93. The molecule has 1 aromatic carbocycles. The summed E-state index contributed by atoms with van der Waals surface area (Å²) < 4.78 is 26.4. The highest BCUT2D eigenvalue weighted by Crippen LogP contribution is 2.15. The molecule has 1 N–H and O–H groups in total. The van der Waals surface area contributed by atoms with E-state index in [2.05, 4.69) is 16.5 Å². The van der Waals surface area contributed by atoms with Gasteiger partial charge in [0, 0.05) is 18.5 Å². The summed E-state index contributed by atoms with van der Waals surface area (Å²) in [6, 6.07) is 9.44. The van der Waals surface area contributed by atoms with Crippen LogP contribution in [0.4, 0.5) is 0 Å². The van der Waals surface area contributed by atoms with E-state index in [1.165, 1.54) is 18.2 Å². The number of rotatable bonds is 7. The van der Waals surface area contributed by atoms with Crippen molar-refractivity contribution in [3.63, 3.8) is 0 Å². The van der Waals surface area contributed by atoms with E-state index < -0.39 is 10.0 Å². The second-order valence-corrected chi connectivity index (χ2v) is 7.71. The fraction of sp³-hybridized carbons (Fsp3) is 0.529. The summed E-state index contributed by atoms with van der Waals surface area (Å²) in [6.45, 7) is 6.02. The summed E-state index contributed by atoms with van der Waals surface area (Å²) in [7, 11) is -3.34.